The van der Waals surface area contributed by atoms with Gasteiger partial charge in [-0.25, -0.2) is 4.79 Å². The molecular formula is C57H86N2O11. The van der Waals surface area contributed by atoms with Crippen LogP contribution in [0.4, 0.5) is 5.69 Å². The van der Waals surface area contributed by atoms with Crippen molar-refractivity contribution in [3.8, 4) is 0 Å². The lowest BCUT2D eigenvalue weighted by Gasteiger charge is -2.43. The SMILES string of the molecule is CO[C@@H]1C[C@@H](C[C@@H](C)[C@@H]2CC[C@H](C)/C=C(\C)[C@@H](O)[C@@H](OC)C(=O)[C@H](C)C[C@H](C)/C=C/C=C/C=C(\C)C(N(C)c3ccccc3)C[C@@H]3CC[C@@H](C)[C@@](O)(O3)C(=O)C(=O)N3CCCC[C@H]3C(=O)O2)CC[C@H]1O. The van der Waals surface area contributed by atoms with E-state index in [1.165, 1.54) is 12.0 Å². The first kappa shape index (κ1) is 56.9. The van der Waals surface area contributed by atoms with Gasteiger partial charge in [0.15, 0.2) is 5.78 Å². The van der Waals surface area contributed by atoms with E-state index < -0.39 is 65.9 Å². The minimum atomic E-state index is -2.40. The van der Waals surface area contributed by atoms with Crippen molar-refractivity contribution in [3.63, 3.8) is 0 Å². The van der Waals surface area contributed by atoms with Crippen LogP contribution in [-0.4, -0.2) is 126 Å². The van der Waals surface area contributed by atoms with Crippen LogP contribution in [0.25, 0.3) is 0 Å². The Bertz CT molecular complexity index is 2000. The highest BCUT2D eigenvalue weighted by Gasteiger charge is 2.53. The fraction of sp³-hybridized carbons (Fsp3) is 0.684. The van der Waals surface area contributed by atoms with Gasteiger partial charge < -0.3 is 44.1 Å². The summed E-state index contributed by atoms with van der Waals surface area (Å²) in [6.45, 7) is 13.8. The third-order valence-corrected chi connectivity index (χ3v) is 15.9. The lowest BCUT2D eigenvalue weighted by molar-refractivity contribution is -0.263. The lowest BCUT2D eigenvalue weighted by atomic mass is 9.78. The summed E-state index contributed by atoms with van der Waals surface area (Å²) in [7, 11) is 5.07. The molecule has 0 aromatic heterocycles. The fourth-order valence-electron chi connectivity index (χ4n) is 11.3. The van der Waals surface area contributed by atoms with E-state index in [-0.39, 0.29) is 54.1 Å². The number of esters is 1. The minimum absolute atomic E-state index is 0.0588. The Balaban J connectivity index is 1.49. The van der Waals surface area contributed by atoms with Crippen molar-refractivity contribution in [3.05, 3.63) is 77.9 Å². The van der Waals surface area contributed by atoms with Gasteiger partial charge in [0.2, 0.25) is 5.79 Å². The normalized spacial score (nSPS) is 38.2. The van der Waals surface area contributed by atoms with Gasteiger partial charge in [-0.05, 0) is 139 Å². The zero-order valence-electron chi connectivity index (χ0n) is 43.8. The van der Waals surface area contributed by atoms with Gasteiger partial charge in [-0.2, -0.15) is 0 Å². The van der Waals surface area contributed by atoms with Gasteiger partial charge in [-0.15, -0.1) is 0 Å². The molecular weight excluding hydrogens is 889 g/mol. The number of ketones is 2. The number of hydrogen-bond donors (Lipinski definition) is 3. The van der Waals surface area contributed by atoms with Crippen LogP contribution in [0, 0.1) is 35.5 Å². The molecule has 5 rings (SSSR count). The van der Waals surface area contributed by atoms with Gasteiger partial charge >= 0.3 is 5.97 Å². The molecule has 0 radical (unpaired) electrons. The number of fused-ring (bicyclic) bond motifs is 3. The van der Waals surface area contributed by atoms with Gasteiger partial charge in [-0.1, -0.05) is 94.8 Å². The molecule has 2 bridgehead atoms. The number of amides is 1. The maximum absolute atomic E-state index is 14.5. The van der Waals surface area contributed by atoms with E-state index in [2.05, 4.69) is 24.8 Å². The molecule has 3 aliphatic heterocycles. The van der Waals surface area contributed by atoms with Gasteiger partial charge in [0.05, 0.1) is 24.4 Å². The first-order chi connectivity index (χ1) is 33.3. The van der Waals surface area contributed by atoms with Gasteiger partial charge in [0, 0.05) is 45.3 Å². The van der Waals surface area contributed by atoms with Crippen LogP contribution in [0.5, 0.6) is 0 Å². The van der Waals surface area contributed by atoms with Gasteiger partial charge in [-0.3, -0.25) is 14.4 Å². The van der Waals surface area contributed by atoms with E-state index in [4.69, 9.17) is 18.9 Å². The highest BCUT2D eigenvalue weighted by Crippen LogP contribution is 2.38. The van der Waals surface area contributed by atoms with Crippen LogP contribution in [-0.2, 0) is 38.1 Å². The Hall–Kier alpha value is -3.98. The van der Waals surface area contributed by atoms with Crippen molar-refractivity contribution in [2.45, 2.75) is 186 Å². The van der Waals surface area contributed by atoms with E-state index in [1.54, 1.807) is 21.0 Å². The standard InChI is InChI=1S/C57H86N2O11/c1-36-19-13-11-14-20-38(3)47(58(8)44-21-15-12-16-22-44)35-45-27-25-42(7)57(66,70-45)54(63)55(64)59-30-18-17-23-46(59)56(65)69-49(39(4)33-43-26-28-48(60)50(34-43)67-9)29-24-37(2)32-41(6)52(62)53(68-10)51(61)40(5)31-36/h11-16,19-22,32,36-37,39-40,42-43,45-50,52-53,60,62,66H,17-18,23-31,33-35H2,1-10H3/b14-11+,19-13+,38-20+,41-32+/t36-,37+,39-,40-,42-,43-,45+,46+,47?,48-,49+,50-,52-,53+,57-/m1/s1. The summed E-state index contributed by atoms with van der Waals surface area (Å²) >= 11 is 0. The molecule has 3 heterocycles. The second kappa shape index (κ2) is 26.6. The van der Waals surface area contributed by atoms with Crippen LogP contribution in [0.2, 0.25) is 0 Å². The molecule has 1 aliphatic carbocycles. The van der Waals surface area contributed by atoms with E-state index in [9.17, 15) is 34.5 Å². The van der Waals surface area contributed by atoms with E-state index in [0.717, 1.165) is 24.1 Å². The number of para-hydroxylation sites is 1. The zero-order valence-corrected chi connectivity index (χ0v) is 43.8. The second-order valence-electron chi connectivity index (χ2n) is 21.4. The molecule has 70 heavy (non-hydrogen) atoms. The predicted octanol–water partition coefficient (Wildman–Crippen LogP) is 8.49. The van der Waals surface area contributed by atoms with Crippen LogP contribution >= 0.6 is 0 Å². The molecule has 1 unspecified atom stereocenters. The Morgan fingerprint density at radius 2 is 1.56 bits per heavy atom. The summed E-state index contributed by atoms with van der Waals surface area (Å²) in [5, 5.41) is 34.3. The molecule has 1 amide bonds. The highest BCUT2D eigenvalue weighted by molar-refractivity contribution is 6.39. The zero-order chi connectivity index (χ0) is 51.3. The summed E-state index contributed by atoms with van der Waals surface area (Å²) in [4.78, 5) is 60.8. The first-order valence-electron chi connectivity index (χ1n) is 26.2. The second-order valence-corrected chi connectivity index (χ2v) is 21.4. The van der Waals surface area contributed by atoms with Crippen molar-refractivity contribution in [1.82, 2.24) is 4.90 Å². The maximum atomic E-state index is 14.5. The number of ether oxygens (including phenoxy) is 4. The van der Waals surface area contributed by atoms with Gasteiger partial charge in [0.25, 0.3) is 11.7 Å². The summed E-state index contributed by atoms with van der Waals surface area (Å²) in [6.07, 6.45) is 15.3. The smallest absolute Gasteiger partial charge is 0.329 e. The molecule has 4 aliphatic rings. The van der Waals surface area contributed by atoms with E-state index in [0.29, 0.717) is 76.2 Å². The molecule has 3 fully saturated rings. The topological polar surface area (TPSA) is 172 Å². The number of carbonyl (C=O) groups excluding carboxylic acids is 4. The number of Topliss-reactive ketones (excluding diaryl/α,β-unsaturated/α-hetero) is 2. The average Bonchev–Trinajstić information content (AvgIpc) is 3.35. The molecule has 13 nitrogen and oxygen atoms in total. The Morgan fingerprint density at radius 1 is 0.829 bits per heavy atom. The summed E-state index contributed by atoms with van der Waals surface area (Å²) < 4.78 is 24.2. The maximum Gasteiger partial charge on any atom is 0.329 e. The monoisotopic (exact) mass is 975 g/mol. The molecule has 15 atom stereocenters. The van der Waals surface area contributed by atoms with E-state index in [1.807, 2.05) is 88.5 Å². The van der Waals surface area contributed by atoms with E-state index >= 15 is 0 Å². The number of cyclic esters (lactones) is 1. The fourth-order valence-corrected chi connectivity index (χ4v) is 11.3. The Labute approximate surface area is 418 Å². The number of benzene rings is 1. The summed E-state index contributed by atoms with van der Waals surface area (Å²) in [5.74, 6) is -6.12. The van der Waals surface area contributed by atoms with Crippen LogP contribution in [0.3, 0.4) is 0 Å². The number of piperidine rings is 1. The number of hydrogen-bond acceptors (Lipinski definition) is 12. The number of aliphatic hydroxyl groups is 3. The van der Waals surface area contributed by atoms with Crippen molar-refractivity contribution >= 4 is 29.1 Å². The largest absolute Gasteiger partial charge is 0.461 e. The number of aliphatic hydroxyl groups excluding tert-OH is 2. The number of nitrogens with zero attached hydrogens (tertiary/aromatic N) is 2. The van der Waals surface area contributed by atoms with Gasteiger partial charge in [0.1, 0.15) is 24.4 Å². The number of methoxy groups -OCH3 is 2. The highest BCUT2D eigenvalue weighted by atomic mass is 16.6. The van der Waals surface area contributed by atoms with Crippen LogP contribution < -0.4 is 4.90 Å². The first-order valence-corrected chi connectivity index (χ1v) is 26.2. The molecule has 1 aromatic carbocycles. The molecule has 1 aromatic rings. The van der Waals surface area contributed by atoms with Crippen molar-refractivity contribution in [1.29, 1.82) is 0 Å². The molecule has 0 spiro atoms. The molecule has 1 saturated carbocycles. The van der Waals surface area contributed by atoms with Crippen molar-refractivity contribution in [2.24, 2.45) is 35.5 Å². The predicted molar refractivity (Wildman–Crippen MR) is 273 cm³/mol. The Morgan fingerprint density at radius 3 is 2.26 bits per heavy atom. The van der Waals surface area contributed by atoms with Crippen molar-refractivity contribution in [2.75, 3.05) is 32.7 Å². The number of carbonyl (C=O) groups is 4. The van der Waals surface area contributed by atoms with Crippen LogP contribution in [0.15, 0.2) is 77.9 Å². The third-order valence-electron chi connectivity index (χ3n) is 15.9. The Kier molecular flexibility index (Phi) is 21.7. The lowest BCUT2D eigenvalue weighted by Crippen LogP contribution is -2.61. The number of anilines is 1. The third kappa shape index (κ3) is 14.8. The van der Waals surface area contributed by atoms with Crippen LogP contribution in [0.1, 0.15) is 132 Å². The minimum Gasteiger partial charge on any atom is -0.461 e. The molecule has 13 heteroatoms. The summed E-state index contributed by atoms with van der Waals surface area (Å²) in [5.41, 5.74) is 2.61. The quantitative estimate of drug-likeness (QED) is 0.135. The number of likely N-dealkylation sites (N-methyl/N-ethyl adjacent to an activating group) is 1. The number of rotatable bonds is 7. The molecule has 390 valence electrons. The molecule has 2 saturated heterocycles. The van der Waals surface area contributed by atoms with Crippen molar-refractivity contribution < 1.29 is 53.4 Å². The number of allylic oxidation sites excluding steroid dienone is 6. The summed E-state index contributed by atoms with van der Waals surface area (Å²) in [6, 6.07) is 8.73. The molecule has 3 N–H and O–H groups in total. The average molecular weight is 975 g/mol.